The number of hydrogen-bond acceptors (Lipinski definition) is 2. The minimum absolute atomic E-state index is 0.0740. The van der Waals surface area contributed by atoms with Crippen LogP contribution in [0, 0.1) is 11.3 Å². The van der Waals surface area contributed by atoms with Crippen LogP contribution in [0.5, 0.6) is 0 Å². The normalized spacial score (nSPS) is 22.9. The van der Waals surface area contributed by atoms with E-state index in [0.29, 0.717) is 25.3 Å². The highest BCUT2D eigenvalue weighted by molar-refractivity contribution is 5.87. The number of nitrogens with zero attached hydrogens (tertiary/aromatic N) is 1. The van der Waals surface area contributed by atoms with Crippen LogP contribution in [0.4, 0.5) is 0 Å². The first-order chi connectivity index (χ1) is 7.74. The highest BCUT2D eigenvalue weighted by Crippen LogP contribution is 2.32. The Morgan fingerprint density at radius 2 is 2.12 bits per heavy atom. The molecule has 0 saturated carbocycles. The molecule has 1 saturated heterocycles. The summed E-state index contributed by atoms with van der Waals surface area (Å²) >= 11 is 0. The SMILES string of the molecule is CC[C@@H](C(N)=O)N1CC(CC(C)(C)C)CC1=O. The molecule has 1 heterocycles. The van der Waals surface area contributed by atoms with Gasteiger partial charge in [0.1, 0.15) is 6.04 Å². The smallest absolute Gasteiger partial charge is 0.240 e. The van der Waals surface area contributed by atoms with Crippen molar-refractivity contribution >= 4 is 11.8 Å². The summed E-state index contributed by atoms with van der Waals surface area (Å²) in [5.74, 6) is 0.0399. The fraction of sp³-hybridized carbons (Fsp3) is 0.846. The summed E-state index contributed by atoms with van der Waals surface area (Å²) in [7, 11) is 0. The highest BCUT2D eigenvalue weighted by Gasteiger charge is 2.37. The first kappa shape index (κ1) is 14.0. The molecule has 1 aliphatic heterocycles. The molecule has 0 aromatic carbocycles. The summed E-state index contributed by atoms with van der Waals surface area (Å²) in [5.41, 5.74) is 5.55. The molecule has 0 aromatic rings. The zero-order valence-corrected chi connectivity index (χ0v) is 11.3. The molecule has 1 aliphatic rings. The number of nitrogens with two attached hydrogens (primary N) is 1. The average molecular weight is 240 g/mol. The van der Waals surface area contributed by atoms with Crippen LogP contribution in [0.25, 0.3) is 0 Å². The minimum Gasteiger partial charge on any atom is -0.368 e. The number of carbonyl (C=O) groups is 2. The fourth-order valence-electron chi connectivity index (χ4n) is 2.69. The molecular formula is C13H24N2O2. The van der Waals surface area contributed by atoms with Crippen molar-refractivity contribution < 1.29 is 9.59 Å². The van der Waals surface area contributed by atoms with E-state index in [-0.39, 0.29) is 11.3 Å². The molecule has 98 valence electrons. The maximum absolute atomic E-state index is 11.9. The largest absolute Gasteiger partial charge is 0.368 e. The molecule has 2 N–H and O–H groups in total. The Kier molecular flexibility index (Phi) is 4.17. The number of carbonyl (C=O) groups excluding carboxylic acids is 2. The molecule has 0 aromatic heterocycles. The summed E-state index contributed by atoms with van der Waals surface area (Å²) in [5, 5.41) is 0. The molecule has 4 nitrogen and oxygen atoms in total. The van der Waals surface area contributed by atoms with Gasteiger partial charge in [-0.05, 0) is 24.2 Å². The number of primary amides is 1. The second-order valence-electron chi connectivity index (χ2n) is 6.21. The molecule has 0 bridgehead atoms. The topological polar surface area (TPSA) is 63.4 Å². The Morgan fingerprint density at radius 3 is 2.53 bits per heavy atom. The molecule has 0 radical (unpaired) electrons. The van der Waals surface area contributed by atoms with Crippen LogP contribution in [0.2, 0.25) is 0 Å². The van der Waals surface area contributed by atoms with E-state index in [1.54, 1.807) is 4.90 Å². The monoisotopic (exact) mass is 240 g/mol. The summed E-state index contributed by atoms with van der Waals surface area (Å²) in [6.07, 6.45) is 2.16. The summed E-state index contributed by atoms with van der Waals surface area (Å²) in [4.78, 5) is 24.8. The maximum atomic E-state index is 11.9. The van der Waals surface area contributed by atoms with E-state index >= 15 is 0 Å². The van der Waals surface area contributed by atoms with Gasteiger partial charge in [0.2, 0.25) is 11.8 Å². The Balaban J connectivity index is 2.67. The zero-order valence-electron chi connectivity index (χ0n) is 11.3. The van der Waals surface area contributed by atoms with E-state index in [1.165, 1.54) is 0 Å². The lowest BCUT2D eigenvalue weighted by Crippen LogP contribution is -2.45. The predicted molar refractivity (Wildman–Crippen MR) is 67.2 cm³/mol. The van der Waals surface area contributed by atoms with Crippen molar-refractivity contribution in [3.8, 4) is 0 Å². The molecule has 2 amide bonds. The van der Waals surface area contributed by atoms with Gasteiger partial charge < -0.3 is 10.6 Å². The van der Waals surface area contributed by atoms with Crippen molar-refractivity contribution in [3.05, 3.63) is 0 Å². The van der Waals surface area contributed by atoms with Crippen LogP contribution in [-0.2, 0) is 9.59 Å². The van der Waals surface area contributed by atoms with Gasteiger partial charge in [0.15, 0.2) is 0 Å². The van der Waals surface area contributed by atoms with Crippen LogP contribution in [0.3, 0.4) is 0 Å². The molecule has 4 heteroatoms. The zero-order chi connectivity index (χ0) is 13.2. The molecule has 1 fully saturated rings. The van der Waals surface area contributed by atoms with E-state index in [4.69, 9.17) is 5.73 Å². The first-order valence-corrected chi connectivity index (χ1v) is 6.33. The molecule has 0 aliphatic carbocycles. The van der Waals surface area contributed by atoms with Crippen LogP contribution in [0.15, 0.2) is 0 Å². The molecule has 2 atom stereocenters. The second kappa shape index (κ2) is 5.07. The van der Waals surface area contributed by atoms with Gasteiger partial charge in [-0.15, -0.1) is 0 Å². The number of rotatable bonds is 4. The molecule has 1 unspecified atom stereocenters. The average Bonchev–Trinajstić information content (AvgIpc) is 2.44. The standard InChI is InChI=1S/C13H24N2O2/c1-5-10(12(14)17)15-8-9(6-11(15)16)7-13(2,3)4/h9-10H,5-8H2,1-4H3,(H2,14,17)/t9?,10-/m0/s1. The van der Waals surface area contributed by atoms with Crippen molar-refractivity contribution in [3.63, 3.8) is 0 Å². The lowest BCUT2D eigenvalue weighted by atomic mass is 9.84. The third kappa shape index (κ3) is 3.72. The van der Waals surface area contributed by atoms with E-state index < -0.39 is 11.9 Å². The lowest BCUT2D eigenvalue weighted by molar-refractivity contribution is -0.136. The summed E-state index contributed by atoms with van der Waals surface area (Å²) < 4.78 is 0. The first-order valence-electron chi connectivity index (χ1n) is 6.33. The van der Waals surface area contributed by atoms with Gasteiger partial charge in [0, 0.05) is 13.0 Å². The summed E-state index contributed by atoms with van der Waals surface area (Å²) in [6, 6.07) is -0.424. The van der Waals surface area contributed by atoms with Crippen LogP contribution >= 0.6 is 0 Å². The molecule has 0 spiro atoms. The van der Waals surface area contributed by atoms with E-state index in [1.807, 2.05) is 6.92 Å². The Labute approximate surface area is 104 Å². The predicted octanol–water partition coefficient (Wildman–Crippen LogP) is 1.53. The van der Waals surface area contributed by atoms with Crippen molar-refractivity contribution in [2.24, 2.45) is 17.1 Å². The quantitative estimate of drug-likeness (QED) is 0.810. The second-order valence-corrected chi connectivity index (χ2v) is 6.21. The van der Waals surface area contributed by atoms with Gasteiger partial charge in [0.25, 0.3) is 0 Å². The van der Waals surface area contributed by atoms with E-state index in [0.717, 1.165) is 6.42 Å². The Morgan fingerprint density at radius 1 is 1.53 bits per heavy atom. The third-order valence-electron chi connectivity index (χ3n) is 3.23. The van der Waals surface area contributed by atoms with Crippen LogP contribution in [-0.4, -0.2) is 29.3 Å². The number of likely N-dealkylation sites (tertiary alicyclic amines) is 1. The van der Waals surface area contributed by atoms with Gasteiger partial charge >= 0.3 is 0 Å². The lowest BCUT2D eigenvalue weighted by Gasteiger charge is -2.26. The van der Waals surface area contributed by atoms with Gasteiger partial charge in [-0.2, -0.15) is 0 Å². The number of amides is 2. The number of hydrogen-bond donors (Lipinski definition) is 1. The van der Waals surface area contributed by atoms with Gasteiger partial charge in [0.05, 0.1) is 0 Å². The van der Waals surface area contributed by atoms with E-state index in [9.17, 15) is 9.59 Å². The van der Waals surface area contributed by atoms with Gasteiger partial charge in [-0.1, -0.05) is 27.7 Å². The van der Waals surface area contributed by atoms with Gasteiger partial charge in [-0.25, -0.2) is 0 Å². The Bertz CT molecular complexity index is 307. The van der Waals surface area contributed by atoms with Crippen molar-refractivity contribution in [1.82, 2.24) is 4.90 Å². The van der Waals surface area contributed by atoms with Crippen LogP contribution in [0.1, 0.15) is 47.0 Å². The van der Waals surface area contributed by atoms with Crippen molar-refractivity contribution in [1.29, 1.82) is 0 Å². The van der Waals surface area contributed by atoms with Crippen molar-refractivity contribution in [2.45, 2.75) is 53.0 Å². The summed E-state index contributed by atoms with van der Waals surface area (Å²) in [6.45, 7) is 9.08. The van der Waals surface area contributed by atoms with E-state index in [2.05, 4.69) is 20.8 Å². The highest BCUT2D eigenvalue weighted by atomic mass is 16.2. The third-order valence-corrected chi connectivity index (χ3v) is 3.23. The van der Waals surface area contributed by atoms with Crippen LogP contribution < -0.4 is 5.73 Å². The maximum Gasteiger partial charge on any atom is 0.240 e. The van der Waals surface area contributed by atoms with Gasteiger partial charge in [-0.3, -0.25) is 9.59 Å². The van der Waals surface area contributed by atoms with Crippen molar-refractivity contribution in [2.75, 3.05) is 6.54 Å². The Hall–Kier alpha value is -1.06. The molecule has 1 rings (SSSR count). The molecular weight excluding hydrogens is 216 g/mol. The molecule has 17 heavy (non-hydrogen) atoms. The fourth-order valence-corrected chi connectivity index (χ4v) is 2.69. The minimum atomic E-state index is -0.424.